The zero-order valence-corrected chi connectivity index (χ0v) is 13.2. The van der Waals surface area contributed by atoms with Crippen molar-refractivity contribution in [3.63, 3.8) is 0 Å². The molecule has 0 radical (unpaired) electrons. The van der Waals surface area contributed by atoms with Crippen LogP contribution < -0.4 is 10.1 Å². The van der Waals surface area contributed by atoms with Crippen molar-refractivity contribution in [1.82, 2.24) is 0 Å². The van der Waals surface area contributed by atoms with Crippen LogP contribution in [0.25, 0.3) is 0 Å². The van der Waals surface area contributed by atoms with E-state index < -0.39 is 0 Å². The highest BCUT2D eigenvalue weighted by Gasteiger charge is 2.29. The molecule has 21 heavy (non-hydrogen) atoms. The molecule has 110 valence electrons. The molecule has 2 unspecified atom stereocenters. The van der Waals surface area contributed by atoms with Crippen molar-refractivity contribution < 1.29 is 4.74 Å². The van der Waals surface area contributed by atoms with Crippen LogP contribution in [0.2, 0.25) is 0 Å². The molecule has 2 heteroatoms. The van der Waals surface area contributed by atoms with Gasteiger partial charge in [-0.1, -0.05) is 31.2 Å². The van der Waals surface area contributed by atoms with Crippen molar-refractivity contribution in [3.05, 3.63) is 58.7 Å². The highest BCUT2D eigenvalue weighted by molar-refractivity contribution is 5.58. The lowest BCUT2D eigenvalue weighted by Crippen LogP contribution is -2.27. The predicted molar refractivity (Wildman–Crippen MR) is 88.1 cm³/mol. The Balaban J connectivity index is 2.05. The molecule has 1 N–H and O–H groups in total. The fraction of sp³-hybridized carbons (Fsp3) is 0.368. The van der Waals surface area contributed by atoms with E-state index in [0.717, 1.165) is 12.2 Å². The monoisotopic (exact) mass is 281 g/mol. The Morgan fingerprint density at radius 1 is 1.14 bits per heavy atom. The molecule has 0 saturated heterocycles. The van der Waals surface area contributed by atoms with Gasteiger partial charge in [0, 0.05) is 11.3 Å². The number of aryl methyl sites for hydroxylation is 2. The van der Waals surface area contributed by atoms with Gasteiger partial charge in [0.05, 0.1) is 13.2 Å². The van der Waals surface area contributed by atoms with Gasteiger partial charge in [0.15, 0.2) is 0 Å². The van der Waals surface area contributed by atoms with Crippen molar-refractivity contribution in [2.75, 3.05) is 12.4 Å². The molecule has 0 bridgehead atoms. The van der Waals surface area contributed by atoms with E-state index in [1.807, 2.05) is 0 Å². The normalized spacial score (nSPS) is 20.6. The minimum Gasteiger partial charge on any atom is -0.496 e. The Hall–Kier alpha value is -1.96. The van der Waals surface area contributed by atoms with Crippen LogP contribution in [-0.2, 0) is 6.42 Å². The van der Waals surface area contributed by atoms with E-state index in [1.54, 1.807) is 7.11 Å². The molecule has 2 nitrogen and oxygen atoms in total. The lowest BCUT2D eigenvalue weighted by Gasteiger charge is -2.34. The van der Waals surface area contributed by atoms with Gasteiger partial charge in [0.25, 0.3) is 0 Å². The third-order valence-electron chi connectivity index (χ3n) is 4.46. The number of benzene rings is 2. The quantitative estimate of drug-likeness (QED) is 0.864. The summed E-state index contributed by atoms with van der Waals surface area (Å²) in [5.41, 5.74) is 6.50. The second-order valence-corrected chi connectivity index (χ2v) is 6.16. The number of hydrogen-bond donors (Lipinski definition) is 1. The number of methoxy groups -OCH3 is 1. The van der Waals surface area contributed by atoms with Crippen LogP contribution in [0.1, 0.15) is 35.2 Å². The molecule has 0 saturated carbocycles. The van der Waals surface area contributed by atoms with E-state index in [9.17, 15) is 0 Å². The predicted octanol–water partition coefficient (Wildman–Crippen LogP) is 4.66. The Kier molecular flexibility index (Phi) is 3.62. The molecule has 2 aromatic rings. The maximum absolute atomic E-state index is 5.66. The van der Waals surface area contributed by atoms with Crippen LogP contribution in [0.3, 0.4) is 0 Å². The third kappa shape index (κ3) is 2.51. The zero-order chi connectivity index (χ0) is 15.0. The standard InChI is InChI=1S/C19H23NO/c1-12-9-13(2)18(17(10-12)21-4)19-14(3)11-15-7-5-6-8-16(15)20-19/h5-10,14,19-20H,11H2,1-4H3. The number of fused-ring (bicyclic) bond motifs is 1. The Labute approximate surface area is 127 Å². The van der Waals surface area contributed by atoms with Gasteiger partial charge in [-0.05, 0) is 55.0 Å². The maximum atomic E-state index is 5.66. The fourth-order valence-electron chi connectivity index (χ4n) is 3.48. The second-order valence-electron chi connectivity index (χ2n) is 6.16. The first-order valence-electron chi connectivity index (χ1n) is 7.59. The zero-order valence-electron chi connectivity index (χ0n) is 13.2. The van der Waals surface area contributed by atoms with Crippen molar-refractivity contribution in [2.24, 2.45) is 5.92 Å². The van der Waals surface area contributed by atoms with Crippen LogP contribution in [0.15, 0.2) is 36.4 Å². The Morgan fingerprint density at radius 3 is 2.67 bits per heavy atom. The molecule has 2 atom stereocenters. The fourth-order valence-corrected chi connectivity index (χ4v) is 3.48. The number of hydrogen-bond acceptors (Lipinski definition) is 2. The molecule has 0 spiro atoms. The van der Waals surface area contributed by atoms with Crippen molar-refractivity contribution >= 4 is 5.69 Å². The van der Waals surface area contributed by atoms with E-state index in [2.05, 4.69) is 62.5 Å². The van der Waals surface area contributed by atoms with Gasteiger partial charge in [-0.15, -0.1) is 0 Å². The first-order valence-corrected chi connectivity index (χ1v) is 7.59. The summed E-state index contributed by atoms with van der Waals surface area (Å²) < 4.78 is 5.66. The lowest BCUT2D eigenvalue weighted by molar-refractivity contribution is 0.392. The Bertz CT molecular complexity index is 663. The van der Waals surface area contributed by atoms with Gasteiger partial charge < -0.3 is 10.1 Å². The number of nitrogens with one attached hydrogen (secondary N) is 1. The molecule has 0 amide bonds. The van der Waals surface area contributed by atoms with Crippen molar-refractivity contribution in [2.45, 2.75) is 33.2 Å². The van der Waals surface area contributed by atoms with Crippen molar-refractivity contribution in [3.8, 4) is 5.75 Å². The summed E-state index contributed by atoms with van der Waals surface area (Å²) in [5, 5.41) is 3.72. The smallest absolute Gasteiger partial charge is 0.124 e. The first kappa shape index (κ1) is 14.0. The van der Waals surface area contributed by atoms with Crippen LogP contribution >= 0.6 is 0 Å². The van der Waals surface area contributed by atoms with Gasteiger partial charge >= 0.3 is 0 Å². The molecule has 1 aliphatic heterocycles. The van der Waals surface area contributed by atoms with E-state index in [4.69, 9.17) is 4.74 Å². The van der Waals surface area contributed by atoms with Crippen molar-refractivity contribution in [1.29, 1.82) is 0 Å². The number of anilines is 1. The molecule has 0 aliphatic carbocycles. The van der Waals surface area contributed by atoms with Crippen LogP contribution in [0, 0.1) is 19.8 Å². The van der Waals surface area contributed by atoms with Gasteiger partial charge in [0.1, 0.15) is 5.75 Å². The summed E-state index contributed by atoms with van der Waals surface area (Å²) >= 11 is 0. The van der Waals surface area contributed by atoms with E-state index in [1.165, 1.54) is 27.9 Å². The van der Waals surface area contributed by atoms with Crippen LogP contribution in [0.4, 0.5) is 5.69 Å². The average Bonchev–Trinajstić information content (AvgIpc) is 2.46. The molecule has 1 heterocycles. The summed E-state index contributed by atoms with van der Waals surface area (Å²) in [4.78, 5) is 0. The van der Waals surface area contributed by atoms with Gasteiger partial charge in [-0.25, -0.2) is 0 Å². The molecule has 2 aromatic carbocycles. The van der Waals surface area contributed by atoms with Crippen LogP contribution in [-0.4, -0.2) is 7.11 Å². The van der Waals surface area contributed by atoms with E-state index in [-0.39, 0.29) is 0 Å². The molecule has 1 aliphatic rings. The highest BCUT2D eigenvalue weighted by Crippen LogP contribution is 2.41. The van der Waals surface area contributed by atoms with E-state index >= 15 is 0 Å². The van der Waals surface area contributed by atoms with Crippen LogP contribution in [0.5, 0.6) is 5.75 Å². The topological polar surface area (TPSA) is 21.3 Å². The molecule has 0 aromatic heterocycles. The number of rotatable bonds is 2. The molecular weight excluding hydrogens is 258 g/mol. The summed E-state index contributed by atoms with van der Waals surface area (Å²) in [6, 6.07) is 13.3. The SMILES string of the molecule is COc1cc(C)cc(C)c1C1Nc2ccccc2CC1C. The largest absolute Gasteiger partial charge is 0.496 e. The molecule has 3 rings (SSSR count). The summed E-state index contributed by atoms with van der Waals surface area (Å²) in [7, 11) is 1.76. The number of para-hydroxylation sites is 1. The van der Waals surface area contributed by atoms with Gasteiger partial charge in [0.2, 0.25) is 0 Å². The summed E-state index contributed by atoms with van der Waals surface area (Å²) in [6.07, 6.45) is 1.10. The third-order valence-corrected chi connectivity index (χ3v) is 4.46. The van der Waals surface area contributed by atoms with E-state index in [0.29, 0.717) is 12.0 Å². The second kappa shape index (κ2) is 5.44. The van der Waals surface area contributed by atoms with Gasteiger partial charge in [-0.3, -0.25) is 0 Å². The summed E-state index contributed by atoms with van der Waals surface area (Å²) in [5.74, 6) is 1.53. The average molecular weight is 281 g/mol. The maximum Gasteiger partial charge on any atom is 0.124 e. The lowest BCUT2D eigenvalue weighted by atomic mass is 9.82. The first-order chi connectivity index (χ1) is 10.1. The van der Waals surface area contributed by atoms with Gasteiger partial charge in [-0.2, -0.15) is 0 Å². The Morgan fingerprint density at radius 2 is 1.90 bits per heavy atom. The number of ether oxygens (including phenoxy) is 1. The minimum atomic E-state index is 0.301. The highest BCUT2D eigenvalue weighted by atomic mass is 16.5. The molecule has 0 fully saturated rings. The summed E-state index contributed by atoms with van der Waals surface area (Å²) in [6.45, 7) is 6.61. The minimum absolute atomic E-state index is 0.301. The molecular formula is C19H23NO.